The number of hydrogen-bond donors (Lipinski definition) is 1. The molecule has 78 valence electrons. The fourth-order valence-electron chi connectivity index (χ4n) is 2.20. The van der Waals surface area contributed by atoms with Gasteiger partial charge in [-0.1, -0.05) is 0 Å². The van der Waals surface area contributed by atoms with Crippen molar-refractivity contribution in [3.8, 4) is 0 Å². The number of hydrogen-bond acceptors (Lipinski definition) is 2. The van der Waals surface area contributed by atoms with Gasteiger partial charge in [0.05, 0.1) is 24.2 Å². The molecule has 3 heteroatoms. The van der Waals surface area contributed by atoms with Crippen molar-refractivity contribution in [2.45, 2.75) is 19.8 Å². The van der Waals surface area contributed by atoms with Gasteiger partial charge in [-0.25, -0.2) is 4.98 Å². The molecule has 1 aliphatic heterocycles. The Bertz CT molecular complexity index is 459. The minimum Gasteiger partial charge on any atom is -0.381 e. The first-order chi connectivity index (χ1) is 7.33. The van der Waals surface area contributed by atoms with Crippen LogP contribution in [0.5, 0.6) is 0 Å². The first-order valence-electron chi connectivity index (χ1n) is 5.39. The molecule has 0 aliphatic carbocycles. The summed E-state index contributed by atoms with van der Waals surface area (Å²) in [5, 5.41) is 0. The highest BCUT2D eigenvalue weighted by Gasteiger charge is 2.10. The minimum atomic E-state index is 0.835. The van der Waals surface area contributed by atoms with E-state index in [-0.39, 0.29) is 0 Å². The Morgan fingerprint density at radius 2 is 1.93 bits per heavy atom. The van der Waals surface area contributed by atoms with Crippen molar-refractivity contribution in [2.24, 2.45) is 0 Å². The van der Waals surface area contributed by atoms with Crippen LogP contribution in [0.2, 0.25) is 0 Å². The summed E-state index contributed by atoms with van der Waals surface area (Å²) in [4.78, 5) is 7.73. The maximum absolute atomic E-state index is 5.47. The van der Waals surface area contributed by atoms with E-state index in [9.17, 15) is 0 Å². The number of imidazole rings is 1. The summed E-state index contributed by atoms with van der Waals surface area (Å²) >= 11 is 0. The number of nitrogens with zero attached hydrogens (tertiary/aromatic N) is 1. The van der Waals surface area contributed by atoms with Gasteiger partial charge in [-0.3, -0.25) is 0 Å². The molecule has 1 N–H and O–H groups in total. The number of aromatic amines is 1. The van der Waals surface area contributed by atoms with E-state index < -0.39 is 0 Å². The Balaban J connectivity index is 2.19. The summed E-state index contributed by atoms with van der Waals surface area (Å²) in [5.74, 6) is 0.987. The van der Waals surface area contributed by atoms with E-state index >= 15 is 0 Å². The smallest absolute Gasteiger partial charge is 0.104 e. The normalized spacial score (nSPS) is 16.3. The molecule has 0 bridgehead atoms. The highest BCUT2D eigenvalue weighted by Crippen LogP contribution is 2.21. The van der Waals surface area contributed by atoms with Gasteiger partial charge in [0, 0.05) is 0 Å². The van der Waals surface area contributed by atoms with Gasteiger partial charge in [-0.2, -0.15) is 0 Å². The van der Waals surface area contributed by atoms with Gasteiger partial charge in [0.25, 0.3) is 0 Å². The number of aromatic nitrogens is 2. The molecule has 0 radical (unpaired) electrons. The molecule has 1 aliphatic rings. The highest BCUT2D eigenvalue weighted by atomic mass is 16.5. The highest BCUT2D eigenvalue weighted by molar-refractivity contribution is 5.77. The van der Waals surface area contributed by atoms with Crippen molar-refractivity contribution in [1.29, 1.82) is 0 Å². The molecule has 15 heavy (non-hydrogen) atoms. The summed E-state index contributed by atoms with van der Waals surface area (Å²) < 4.78 is 5.47. The Morgan fingerprint density at radius 3 is 2.73 bits per heavy atom. The van der Waals surface area contributed by atoms with Gasteiger partial charge in [0.15, 0.2) is 0 Å². The second-order valence-corrected chi connectivity index (χ2v) is 4.07. The lowest BCUT2D eigenvalue weighted by Crippen LogP contribution is -1.94. The predicted molar refractivity (Wildman–Crippen MR) is 59.1 cm³/mol. The predicted octanol–water partition coefficient (Wildman–Crippen LogP) is 1.99. The second kappa shape index (κ2) is 3.35. The Morgan fingerprint density at radius 1 is 1.20 bits per heavy atom. The molecule has 0 saturated heterocycles. The van der Waals surface area contributed by atoms with Crippen molar-refractivity contribution in [2.75, 3.05) is 13.2 Å². The molecule has 3 rings (SSSR count). The van der Waals surface area contributed by atoms with Gasteiger partial charge >= 0.3 is 0 Å². The molecule has 2 heterocycles. The van der Waals surface area contributed by atoms with Crippen LogP contribution in [-0.4, -0.2) is 23.2 Å². The van der Waals surface area contributed by atoms with E-state index in [1.165, 1.54) is 11.1 Å². The summed E-state index contributed by atoms with van der Waals surface area (Å²) in [6, 6.07) is 4.42. The topological polar surface area (TPSA) is 37.9 Å². The lowest BCUT2D eigenvalue weighted by atomic mass is 10.0. The first-order valence-corrected chi connectivity index (χ1v) is 5.39. The lowest BCUT2D eigenvalue weighted by molar-refractivity contribution is 0.146. The molecule has 1 aromatic carbocycles. The molecule has 0 spiro atoms. The second-order valence-electron chi connectivity index (χ2n) is 4.07. The zero-order valence-corrected chi connectivity index (χ0v) is 8.84. The van der Waals surface area contributed by atoms with Crippen LogP contribution < -0.4 is 0 Å². The van der Waals surface area contributed by atoms with E-state index in [4.69, 9.17) is 4.74 Å². The van der Waals surface area contributed by atoms with Gasteiger partial charge < -0.3 is 9.72 Å². The molecule has 1 aromatic heterocycles. The van der Waals surface area contributed by atoms with E-state index in [0.717, 1.165) is 42.9 Å². The molecule has 3 nitrogen and oxygen atoms in total. The molecular weight excluding hydrogens is 188 g/mol. The molecule has 0 atom stereocenters. The van der Waals surface area contributed by atoms with E-state index in [0.29, 0.717) is 0 Å². The fraction of sp³-hybridized carbons (Fsp3) is 0.417. The van der Waals surface area contributed by atoms with Crippen molar-refractivity contribution in [3.05, 3.63) is 29.1 Å². The standard InChI is InChI=1S/C12H14N2O/c1-8-13-11-6-9-2-4-15-5-3-10(9)7-12(11)14-8/h6-7H,2-5H2,1H3,(H,13,14). The van der Waals surface area contributed by atoms with Crippen LogP contribution in [0.1, 0.15) is 17.0 Å². The van der Waals surface area contributed by atoms with Crippen LogP contribution in [0.4, 0.5) is 0 Å². The maximum atomic E-state index is 5.47. The maximum Gasteiger partial charge on any atom is 0.104 e. The summed E-state index contributed by atoms with van der Waals surface area (Å²) in [6.45, 7) is 3.67. The van der Waals surface area contributed by atoms with Crippen molar-refractivity contribution < 1.29 is 4.74 Å². The molecular formula is C12H14N2O. The summed E-state index contributed by atoms with van der Waals surface area (Å²) in [7, 11) is 0. The van der Waals surface area contributed by atoms with E-state index in [1.807, 2.05) is 6.92 Å². The summed E-state index contributed by atoms with van der Waals surface area (Å²) in [6.07, 6.45) is 2.03. The Hall–Kier alpha value is -1.35. The number of nitrogens with one attached hydrogen (secondary N) is 1. The van der Waals surface area contributed by atoms with Crippen LogP contribution in [0.3, 0.4) is 0 Å². The van der Waals surface area contributed by atoms with Crippen LogP contribution in [0, 0.1) is 6.92 Å². The molecule has 0 unspecified atom stereocenters. The Labute approximate surface area is 88.5 Å². The van der Waals surface area contributed by atoms with Crippen molar-refractivity contribution in [3.63, 3.8) is 0 Å². The number of rotatable bonds is 0. The summed E-state index contributed by atoms with van der Waals surface area (Å²) in [5.41, 5.74) is 5.02. The number of ether oxygens (including phenoxy) is 1. The van der Waals surface area contributed by atoms with Crippen LogP contribution in [-0.2, 0) is 17.6 Å². The van der Waals surface area contributed by atoms with Crippen molar-refractivity contribution >= 4 is 11.0 Å². The molecule has 0 fully saturated rings. The van der Waals surface area contributed by atoms with Crippen molar-refractivity contribution in [1.82, 2.24) is 9.97 Å². The van der Waals surface area contributed by atoms with Crippen LogP contribution in [0.25, 0.3) is 11.0 Å². The quantitative estimate of drug-likeness (QED) is 0.709. The fourth-order valence-corrected chi connectivity index (χ4v) is 2.20. The third-order valence-corrected chi connectivity index (χ3v) is 2.95. The molecule has 0 amide bonds. The zero-order valence-electron chi connectivity index (χ0n) is 8.84. The van der Waals surface area contributed by atoms with Gasteiger partial charge in [0.2, 0.25) is 0 Å². The largest absolute Gasteiger partial charge is 0.381 e. The number of benzene rings is 1. The minimum absolute atomic E-state index is 0.835. The lowest BCUT2D eigenvalue weighted by Gasteiger charge is -2.03. The van der Waals surface area contributed by atoms with Gasteiger partial charge in [0.1, 0.15) is 5.82 Å². The zero-order chi connectivity index (χ0) is 10.3. The third-order valence-electron chi connectivity index (χ3n) is 2.95. The molecule has 0 saturated carbocycles. The van der Waals surface area contributed by atoms with E-state index in [1.54, 1.807) is 0 Å². The van der Waals surface area contributed by atoms with Crippen LogP contribution >= 0.6 is 0 Å². The average molecular weight is 202 g/mol. The van der Waals surface area contributed by atoms with Gasteiger partial charge in [-0.05, 0) is 43.0 Å². The third kappa shape index (κ3) is 1.53. The van der Waals surface area contributed by atoms with Crippen LogP contribution in [0.15, 0.2) is 12.1 Å². The molecule has 2 aromatic rings. The van der Waals surface area contributed by atoms with Gasteiger partial charge in [-0.15, -0.1) is 0 Å². The average Bonchev–Trinajstić information content (AvgIpc) is 2.44. The monoisotopic (exact) mass is 202 g/mol. The number of fused-ring (bicyclic) bond motifs is 2. The first kappa shape index (κ1) is 8.92. The van der Waals surface area contributed by atoms with E-state index in [2.05, 4.69) is 22.1 Å². The SMILES string of the molecule is Cc1nc2cc3c(cc2[nH]1)CCOCC3. The number of aryl methyl sites for hydroxylation is 1. The number of H-pyrrole nitrogens is 1. The Kier molecular flexibility index (Phi) is 1.99.